The minimum atomic E-state index is -0.447. The van der Waals surface area contributed by atoms with Crippen LogP contribution in [0.5, 0.6) is 0 Å². The molecule has 0 aromatic carbocycles. The molecule has 9 nitrogen and oxygen atoms in total. The molecule has 0 bridgehead atoms. The van der Waals surface area contributed by atoms with Gasteiger partial charge >= 0.3 is 6.09 Å². The van der Waals surface area contributed by atoms with Gasteiger partial charge in [0.25, 0.3) is 0 Å². The molecule has 4 aliphatic heterocycles. The van der Waals surface area contributed by atoms with Crippen molar-refractivity contribution in [2.75, 3.05) is 32.7 Å². The molecule has 1 amide bonds. The van der Waals surface area contributed by atoms with Gasteiger partial charge in [0.2, 0.25) is 0 Å². The maximum Gasteiger partial charge on any atom is 0.410 e. The Balaban J connectivity index is 1.25. The minimum absolute atomic E-state index is 0.0885. The van der Waals surface area contributed by atoms with Crippen molar-refractivity contribution >= 4 is 6.09 Å². The second-order valence-electron chi connectivity index (χ2n) is 10.5. The lowest BCUT2D eigenvalue weighted by atomic mass is 9.92. The fraction of sp³-hybridized carbons (Fsp3) is 0.952. The number of amides is 1. The van der Waals surface area contributed by atoms with Gasteiger partial charge in [-0.2, -0.15) is 5.48 Å². The SMILES string of the molecule is CC(C)N1NCC2CCN(C3NC(C4CCN(C(=O)OC(C)(C)C)CC4)NO3)CC21. The highest BCUT2D eigenvalue weighted by Gasteiger charge is 2.43. The summed E-state index contributed by atoms with van der Waals surface area (Å²) in [6.45, 7) is 14.8. The number of likely N-dealkylation sites (tertiary alicyclic amines) is 2. The summed E-state index contributed by atoms with van der Waals surface area (Å²) in [5.74, 6) is 1.16. The monoisotopic (exact) mass is 424 g/mol. The van der Waals surface area contributed by atoms with Crippen molar-refractivity contribution in [1.82, 2.24) is 31.0 Å². The first kappa shape index (κ1) is 22.2. The molecule has 0 aromatic heterocycles. The van der Waals surface area contributed by atoms with Crippen molar-refractivity contribution in [2.45, 2.75) is 84.1 Å². The van der Waals surface area contributed by atoms with Gasteiger partial charge in [-0.3, -0.25) is 20.5 Å². The molecule has 4 heterocycles. The molecule has 0 saturated carbocycles. The highest BCUT2D eigenvalue weighted by Crippen LogP contribution is 2.29. The van der Waals surface area contributed by atoms with Crippen molar-refractivity contribution in [3.63, 3.8) is 0 Å². The number of hydroxylamine groups is 1. The first-order chi connectivity index (χ1) is 14.2. The molecule has 0 spiro atoms. The van der Waals surface area contributed by atoms with Crippen molar-refractivity contribution < 1.29 is 14.4 Å². The van der Waals surface area contributed by atoms with Crippen LogP contribution in [0.3, 0.4) is 0 Å². The largest absolute Gasteiger partial charge is 0.444 e. The van der Waals surface area contributed by atoms with Crippen LogP contribution in [0.15, 0.2) is 0 Å². The number of carbonyl (C=O) groups is 1. The zero-order valence-corrected chi connectivity index (χ0v) is 19.2. The number of ether oxygens (including phenoxy) is 1. The van der Waals surface area contributed by atoms with E-state index in [0.29, 0.717) is 18.0 Å². The Labute approximate surface area is 180 Å². The summed E-state index contributed by atoms with van der Waals surface area (Å²) < 4.78 is 5.51. The van der Waals surface area contributed by atoms with Crippen LogP contribution in [0.4, 0.5) is 4.79 Å². The van der Waals surface area contributed by atoms with Crippen LogP contribution < -0.4 is 16.2 Å². The minimum Gasteiger partial charge on any atom is -0.444 e. The maximum atomic E-state index is 12.3. The Morgan fingerprint density at radius 1 is 1.10 bits per heavy atom. The Kier molecular flexibility index (Phi) is 6.58. The predicted molar refractivity (Wildman–Crippen MR) is 114 cm³/mol. The molecule has 172 valence electrons. The normalized spacial score (nSPS) is 34.5. The van der Waals surface area contributed by atoms with Gasteiger partial charge in [-0.1, -0.05) is 0 Å². The van der Waals surface area contributed by atoms with E-state index in [-0.39, 0.29) is 18.6 Å². The number of hydrazine groups is 1. The van der Waals surface area contributed by atoms with E-state index in [9.17, 15) is 4.79 Å². The molecule has 0 aromatic rings. The van der Waals surface area contributed by atoms with Crippen LogP contribution in [0.1, 0.15) is 53.9 Å². The lowest BCUT2D eigenvalue weighted by Gasteiger charge is -2.40. The number of rotatable bonds is 3. The van der Waals surface area contributed by atoms with E-state index in [2.05, 4.69) is 40.0 Å². The fourth-order valence-corrected chi connectivity index (χ4v) is 5.19. The number of hydrogen-bond acceptors (Lipinski definition) is 8. The Bertz CT molecular complexity index is 604. The zero-order valence-electron chi connectivity index (χ0n) is 19.2. The lowest BCUT2D eigenvalue weighted by molar-refractivity contribution is -0.0962. The van der Waals surface area contributed by atoms with E-state index in [4.69, 9.17) is 9.57 Å². The fourth-order valence-electron chi connectivity index (χ4n) is 5.19. The maximum absolute atomic E-state index is 12.3. The van der Waals surface area contributed by atoms with Gasteiger partial charge in [-0.25, -0.2) is 9.80 Å². The van der Waals surface area contributed by atoms with E-state index in [0.717, 1.165) is 51.5 Å². The Hall–Kier alpha value is -0.970. The average Bonchev–Trinajstić information content (AvgIpc) is 3.33. The first-order valence-electron chi connectivity index (χ1n) is 11.6. The molecular formula is C21H40N6O3. The summed E-state index contributed by atoms with van der Waals surface area (Å²) in [7, 11) is 0. The third-order valence-electron chi connectivity index (χ3n) is 6.83. The molecule has 4 atom stereocenters. The second-order valence-corrected chi connectivity index (χ2v) is 10.5. The van der Waals surface area contributed by atoms with Gasteiger partial charge < -0.3 is 9.64 Å². The van der Waals surface area contributed by atoms with Crippen molar-refractivity contribution in [1.29, 1.82) is 0 Å². The van der Waals surface area contributed by atoms with Gasteiger partial charge in [0.15, 0.2) is 6.35 Å². The summed E-state index contributed by atoms with van der Waals surface area (Å²) in [6, 6.07) is 1.04. The quantitative estimate of drug-likeness (QED) is 0.625. The molecule has 4 rings (SSSR count). The van der Waals surface area contributed by atoms with E-state index >= 15 is 0 Å². The van der Waals surface area contributed by atoms with Gasteiger partial charge in [0, 0.05) is 44.8 Å². The molecule has 30 heavy (non-hydrogen) atoms. The zero-order chi connectivity index (χ0) is 21.5. The summed E-state index contributed by atoms with van der Waals surface area (Å²) in [5.41, 5.74) is 6.37. The summed E-state index contributed by atoms with van der Waals surface area (Å²) in [6.07, 6.45) is 2.91. The van der Waals surface area contributed by atoms with Crippen LogP contribution in [0, 0.1) is 11.8 Å². The van der Waals surface area contributed by atoms with E-state index in [1.165, 1.54) is 6.42 Å². The van der Waals surface area contributed by atoms with Crippen LogP contribution in [-0.4, -0.2) is 83.8 Å². The van der Waals surface area contributed by atoms with Gasteiger partial charge in [0.05, 0.1) is 6.17 Å². The van der Waals surface area contributed by atoms with E-state index in [1.807, 2.05) is 25.7 Å². The van der Waals surface area contributed by atoms with Gasteiger partial charge in [0.1, 0.15) is 5.60 Å². The van der Waals surface area contributed by atoms with Crippen LogP contribution in [-0.2, 0) is 9.57 Å². The Morgan fingerprint density at radius 2 is 1.80 bits per heavy atom. The molecule has 3 N–H and O–H groups in total. The molecule has 9 heteroatoms. The molecule has 4 aliphatic rings. The third kappa shape index (κ3) is 4.92. The summed E-state index contributed by atoms with van der Waals surface area (Å²) >= 11 is 0. The summed E-state index contributed by atoms with van der Waals surface area (Å²) in [4.78, 5) is 22.5. The van der Waals surface area contributed by atoms with E-state index in [1.54, 1.807) is 0 Å². The molecule has 4 fully saturated rings. The highest BCUT2D eigenvalue weighted by atomic mass is 16.7. The van der Waals surface area contributed by atoms with Crippen LogP contribution in [0.25, 0.3) is 0 Å². The lowest BCUT2D eigenvalue weighted by Crippen LogP contribution is -2.57. The Morgan fingerprint density at radius 3 is 2.47 bits per heavy atom. The van der Waals surface area contributed by atoms with Crippen LogP contribution in [0.2, 0.25) is 0 Å². The number of nitrogens with one attached hydrogen (secondary N) is 3. The smallest absolute Gasteiger partial charge is 0.410 e. The topological polar surface area (TPSA) is 81.3 Å². The van der Waals surface area contributed by atoms with Crippen molar-refractivity contribution in [2.24, 2.45) is 11.8 Å². The molecule has 0 radical (unpaired) electrons. The van der Waals surface area contributed by atoms with Gasteiger partial charge in [-0.05, 0) is 65.7 Å². The van der Waals surface area contributed by atoms with Crippen LogP contribution >= 0.6 is 0 Å². The molecular weight excluding hydrogens is 384 g/mol. The van der Waals surface area contributed by atoms with Crippen molar-refractivity contribution in [3.05, 3.63) is 0 Å². The number of nitrogens with zero attached hydrogens (tertiary/aromatic N) is 3. The van der Waals surface area contributed by atoms with Crippen molar-refractivity contribution in [3.8, 4) is 0 Å². The third-order valence-corrected chi connectivity index (χ3v) is 6.83. The van der Waals surface area contributed by atoms with E-state index < -0.39 is 5.60 Å². The standard InChI is InChI=1S/C21H40N6O3/c1-14(2)27-17-13-26(11-8-16(17)12-22-27)19-23-18(24-30-19)15-6-9-25(10-7-15)20(28)29-21(3,4)5/h14-19,22-24H,6-13H2,1-5H3. The average molecular weight is 425 g/mol. The summed E-state index contributed by atoms with van der Waals surface area (Å²) in [5, 5.41) is 6.08. The molecule has 0 aliphatic carbocycles. The number of hydrogen-bond donors (Lipinski definition) is 3. The van der Waals surface area contributed by atoms with Gasteiger partial charge in [-0.15, -0.1) is 0 Å². The predicted octanol–water partition coefficient (Wildman–Crippen LogP) is 1.29. The number of piperidine rings is 2. The second kappa shape index (κ2) is 8.88. The first-order valence-corrected chi connectivity index (χ1v) is 11.6. The highest BCUT2D eigenvalue weighted by molar-refractivity contribution is 5.68. The molecule has 4 unspecified atom stereocenters. The number of fused-ring (bicyclic) bond motifs is 1. The molecule has 4 saturated heterocycles. The number of carbonyl (C=O) groups excluding carboxylic acids is 1.